The minimum absolute atomic E-state index is 0.119. The van der Waals surface area contributed by atoms with Crippen molar-refractivity contribution in [3.8, 4) is 0 Å². The van der Waals surface area contributed by atoms with Crippen LogP contribution in [0.1, 0.15) is 24.1 Å². The summed E-state index contributed by atoms with van der Waals surface area (Å²) < 4.78 is 0. The Balaban J connectivity index is 1.52. The molecule has 0 radical (unpaired) electrons. The fourth-order valence-corrected chi connectivity index (χ4v) is 4.53. The van der Waals surface area contributed by atoms with Gasteiger partial charge in [0.25, 0.3) is 0 Å². The molecule has 2 saturated heterocycles. The second kappa shape index (κ2) is 9.26. The number of halogens is 1. The first-order valence-electron chi connectivity index (χ1n) is 10.4. The van der Waals surface area contributed by atoms with E-state index in [-0.39, 0.29) is 12.1 Å². The molecule has 2 atom stereocenters. The lowest BCUT2D eigenvalue weighted by Crippen LogP contribution is -2.60. The van der Waals surface area contributed by atoms with Crippen molar-refractivity contribution in [1.82, 2.24) is 20.0 Å². The van der Waals surface area contributed by atoms with E-state index < -0.39 is 0 Å². The molecule has 0 bridgehead atoms. The quantitative estimate of drug-likeness (QED) is 0.819. The molecule has 2 aliphatic rings. The standard InChI is InChI=1S/C23H29ClN4O/c1-18(28-12-11-25-15-23(28)29)26-13-14-27(16-19-7-9-21(24)10-8-19)22(17-26)20-5-3-2-4-6-20/h2-10,18,22,25H,11-17H2,1H3. The van der Waals surface area contributed by atoms with Gasteiger partial charge in [-0.15, -0.1) is 0 Å². The van der Waals surface area contributed by atoms with Crippen LogP contribution in [0.25, 0.3) is 0 Å². The Morgan fingerprint density at radius 2 is 1.83 bits per heavy atom. The summed E-state index contributed by atoms with van der Waals surface area (Å²) in [5.41, 5.74) is 2.60. The van der Waals surface area contributed by atoms with Gasteiger partial charge in [0.15, 0.2) is 0 Å². The van der Waals surface area contributed by atoms with Crippen molar-refractivity contribution >= 4 is 17.5 Å². The van der Waals surface area contributed by atoms with Gasteiger partial charge in [0.1, 0.15) is 0 Å². The maximum Gasteiger partial charge on any atom is 0.237 e. The Morgan fingerprint density at radius 1 is 1.07 bits per heavy atom. The third-order valence-electron chi connectivity index (χ3n) is 6.11. The lowest BCUT2D eigenvalue weighted by atomic mass is 10.0. The number of rotatable bonds is 5. The highest BCUT2D eigenvalue weighted by atomic mass is 35.5. The van der Waals surface area contributed by atoms with Gasteiger partial charge in [-0.3, -0.25) is 14.6 Å². The Kier molecular flexibility index (Phi) is 6.50. The normalized spacial score (nSPS) is 22.6. The predicted octanol–water partition coefficient (Wildman–Crippen LogP) is 2.98. The van der Waals surface area contributed by atoms with Crippen LogP contribution in [0.15, 0.2) is 54.6 Å². The molecule has 29 heavy (non-hydrogen) atoms. The van der Waals surface area contributed by atoms with Crippen LogP contribution in [0, 0.1) is 0 Å². The average Bonchev–Trinajstić information content (AvgIpc) is 2.76. The number of hydrogen-bond acceptors (Lipinski definition) is 4. The molecule has 1 N–H and O–H groups in total. The van der Waals surface area contributed by atoms with Gasteiger partial charge in [-0.05, 0) is 30.2 Å². The molecule has 0 spiro atoms. The predicted molar refractivity (Wildman–Crippen MR) is 117 cm³/mol. The van der Waals surface area contributed by atoms with Crippen molar-refractivity contribution in [2.75, 3.05) is 39.3 Å². The summed E-state index contributed by atoms with van der Waals surface area (Å²) in [6, 6.07) is 19.1. The smallest absolute Gasteiger partial charge is 0.237 e. The Labute approximate surface area is 178 Å². The lowest BCUT2D eigenvalue weighted by Gasteiger charge is -2.47. The van der Waals surface area contributed by atoms with Crippen molar-refractivity contribution in [2.45, 2.75) is 25.7 Å². The van der Waals surface area contributed by atoms with Gasteiger partial charge in [-0.25, -0.2) is 0 Å². The van der Waals surface area contributed by atoms with E-state index in [1.165, 1.54) is 11.1 Å². The molecule has 1 amide bonds. The van der Waals surface area contributed by atoms with Crippen LogP contribution in [0.4, 0.5) is 0 Å². The van der Waals surface area contributed by atoms with Crippen LogP contribution in [-0.2, 0) is 11.3 Å². The zero-order valence-electron chi connectivity index (χ0n) is 16.9. The fourth-order valence-electron chi connectivity index (χ4n) is 4.40. The maximum atomic E-state index is 12.4. The molecular weight excluding hydrogens is 384 g/mol. The van der Waals surface area contributed by atoms with Gasteiger partial charge in [-0.1, -0.05) is 54.1 Å². The minimum atomic E-state index is 0.119. The number of piperazine rings is 2. The zero-order valence-corrected chi connectivity index (χ0v) is 17.7. The molecular formula is C23H29ClN4O. The monoisotopic (exact) mass is 412 g/mol. The molecule has 2 heterocycles. The van der Waals surface area contributed by atoms with Gasteiger partial charge in [-0.2, -0.15) is 0 Å². The van der Waals surface area contributed by atoms with Crippen molar-refractivity contribution in [3.05, 3.63) is 70.7 Å². The third kappa shape index (κ3) is 4.81. The highest BCUT2D eigenvalue weighted by Crippen LogP contribution is 2.29. The van der Waals surface area contributed by atoms with Crippen molar-refractivity contribution < 1.29 is 4.79 Å². The number of amides is 1. The molecule has 0 aliphatic carbocycles. The first kappa shape index (κ1) is 20.4. The number of benzene rings is 2. The number of hydrogen-bond donors (Lipinski definition) is 1. The molecule has 5 nitrogen and oxygen atoms in total. The lowest BCUT2D eigenvalue weighted by molar-refractivity contribution is -0.139. The number of nitrogens with one attached hydrogen (secondary N) is 1. The van der Waals surface area contributed by atoms with E-state index >= 15 is 0 Å². The van der Waals surface area contributed by atoms with E-state index in [4.69, 9.17) is 11.6 Å². The summed E-state index contributed by atoms with van der Waals surface area (Å²) in [6.07, 6.45) is 0.119. The molecule has 0 aromatic heterocycles. The van der Waals surface area contributed by atoms with E-state index in [0.29, 0.717) is 12.6 Å². The van der Waals surface area contributed by atoms with E-state index in [2.05, 4.69) is 64.5 Å². The summed E-state index contributed by atoms with van der Waals surface area (Å²) in [7, 11) is 0. The van der Waals surface area contributed by atoms with Crippen molar-refractivity contribution in [2.24, 2.45) is 0 Å². The SMILES string of the molecule is CC(N1CCN(Cc2ccc(Cl)cc2)C(c2ccccc2)C1)N1CCNCC1=O. The van der Waals surface area contributed by atoms with E-state index in [1.54, 1.807) is 0 Å². The molecule has 2 unspecified atom stereocenters. The first-order valence-corrected chi connectivity index (χ1v) is 10.8. The first-order chi connectivity index (χ1) is 14.1. The third-order valence-corrected chi connectivity index (χ3v) is 6.36. The highest BCUT2D eigenvalue weighted by molar-refractivity contribution is 6.30. The molecule has 4 rings (SSSR count). The molecule has 6 heteroatoms. The Bertz CT molecular complexity index is 813. The summed E-state index contributed by atoms with van der Waals surface area (Å²) >= 11 is 6.06. The van der Waals surface area contributed by atoms with Gasteiger partial charge in [0.2, 0.25) is 5.91 Å². The van der Waals surface area contributed by atoms with Crippen LogP contribution in [0.5, 0.6) is 0 Å². The topological polar surface area (TPSA) is 38.8 Å². The van der Waals surface area contributed by atoms with Gasteiger partial charge in [0, 0.05) is 50.3 Å². The van der Waals surface area contributed by atoms with Gasteiger partial charge >= 0.3 is 0 Å². The van der Waals surface area contributed by atoms with Crippen molar-refractivity contribution in [3.63, 3.8) is 0 Å². The number of carbonyl (C=O) groups excluding carboxylic acids is 1. The molecule has 2 fully saturated rings. The average molecular weight is 413 g/mol. The Hall–Kier alpha value is -1.92. The largest absolute Gasteiger partial charge is 0.325 e. The molecule has 154 valence electrons. The summed E-state index contributed by atoms with van der Waals surface area (Å²) in [4.78, 5) is 19.4. The molecule has 2 aliphatic heterocycles. The summed E-state index contributed by atoms with van der Waals surface area (Å²) in [5.74, 6) is 0.198. The Morgan fingerprint density at radius 3 is 2.55 bits per heavy atom. The molecule has 2 aromatic rings. The van der Waals surface area contributed by atoms with Gasteiger partial charge in [0.05, 0.1) is 12.7 Å². The van der Waals surface area contributed by atoms with E-state index in [1.807, 2.05) is 17.0 Å². The summed E-state index contributed by atoms with van der Waals surface area (Å²) in [6.45, 7) is 7.99. The van der Waals surface area contributed by atoms with Gasteiger partial charge < -0.3 is 10.2 Å². The number of carbonyl (C=O) groups is 1. The van der Waals surface area contributed by atoms with E-state index in [9.17, 15) is 4.79 Å². The molecule has 0 saturated carbocycles. The van der Waals surface area contributed by atoms with Crippen LogP contribution >= 0.6 is 11.6 Å². The van der Waals surface area contributed by atoms with Crippen molar-refractivity contribution in [1.29, 1.82) is 0 Å². The maximum absolute atomic E-state index is 12.4. The van der Waals surface area contributed by atoms with E-state index in [0.717, 1.165) is 44.3 Å². The second-order valence-electron chi connectivity index (χ2n) is 7.91. The minimum Gasteiger partial charge on any atom is -0.325 e. The fraction of sp³-hybridized carbons (Fsp3) is 0.435. The van der Waals surface area contributed by atoms with Crippen LogP contribution < -0.4 is 5.32 Å². The van der Waals surface area contributed by atoms with Crippen LogP contribution in [0.2, 0.25) is 5.02 Å². The van der Waals surface area contributed by atoms with Crippen LogP contribution in [-0.4, -0.2) is 66.0 Å². The zero-order chi connectivity index (χ0) is 20.2. The highest BCUT2D eigenvalue weighted by Gasteiger charge is 2.34. The summed E-state index contributed by atoms with van der Waals surface area (Å²) in [5, 5.41) is 3.94. The number of nitrogens with zero attached hydrogens (tertiary/aromatic N) is 3. The van der Waals surface area contributed by atoms with Crippen LogP contribution in [0.3, 0.4) is 0 Å². The second-order valence-corrected chi connectivity index (χ2v) is 8.35. The molecule has 2 aromatic carbocycles.